The molecular formula is C22H20Cl3NO2. The summed E-state index contributed by atoms with van der Waals surface area (Å²) in [7, 11) is 0. The second-order valence-electron chi connectivity index (χ2n) is 6.07. The van der Waals surface area contributed by atoms with Crippen LogP contribution in [0.25, 0.3) is 0 Å². The maximum atomic E-state index is 6.26. The molecular weight excluding hydrogens is 417 g/mol. The first kappa shape index (κ1) is 20.7. The Kier molecular flexibility index (Phi) is 7.32. The smallest absolute Gasteiger partial charge is 0.166 e. The van der Waals surface area contributed by atoms with Gasteiger partial charge in [-0.3, -0.25) is 0 Å². The molecule has 0 fully saturated rings. The SMILES string of the molecule is CCOc1cccc(CNc2ccc(Cl)cc2Cl)c1OCc1ccc(Cl)cc1. The zero-order valence-corrected chi connectivity index (χ0v) is 17.6. The average molecular weight is 437 g/mol. The molecule has 0 spiro atoms. The van der Waals surface area contributed by atoms with Crippen molar-refractivity contribution in [2.24, 2.45) is 0 Å². The van der Waals surface area contributed by atoms with Crippen molar-refractivity contribution in [2.75, 3.05) is 11.9 Å². The first-order valence-corrected chi connectivity index (χ1v) is 10.0. The van der Waals surface area contributed by atoms with Gasteiger partial charge in [-0.05, 0) is 48.9 Å². The quantitative estimate of drug-likeness (QED) is 0.404. The lowest BCUT2D eigenvalue weighted by Gasteiger charge is -2.17. The van der Waals surface area contributed by atoms with E-state index in [-0.39, 0.29) is 0 Å². The molecule has 0 heterocycles. The molecule has 0 aliphatic carbocycles. The molecule has 3 rings (SSSR count). The second kappa shape index (κ2) is 9.92. The Morgan fingerprint density at radius 1 is 0.857 bits per heavy atom. The molecule has 3 aromatic carbocycles. The van der Waals surface area contributed by atoms with Gasteiger partial charge in [0.25, 0.3) is 0 Å². The summed E-state index contributed by atoms with van der Waals surface area (Å²) in [4.78, 5) is 0. The van der Waals surface area contributed by atoms with Crippen molar-refractivity contribution in [1.29, 1.82) is 0 Å². The van der Waals surface area contributed by atoms with Crippen molar-refractivity contribution >= 4 is 40.5 Å². The Balaban J connectivity index is 1.79. The molecule has 0 amide bonds. The summed E-state index contributed by atoms with van der Waals surface area (Å²) in [5.74, 6) is 1.41. The van der Waals surface area contributed by atoms with Gasteiger partial charge in [0.1, 0.15) is 6.61 Å². The first-order chi connectivity index (χ1) is 13.6. The number of anilines is 1. The lowest BCUT2D eigenvalue weighted by atomic mass is 10.1. The number of para-hydroxylation sites is 1. The van der Waals surface area contributed by atoms with Gasteiger partial charge < -0.3 is 14.8 Å². The third kappa shape index (κ3) is 5.48. The number of ether oxygens (including phenoxy) is 2. The number of nitrogens with one attached hydrogen (secondary N) is 1. The maximum absolute atomic E-state index is 6.26. The van der Waals surface area contributed by atoms with E-state index in [0.29, 0.717) is 46.3 Å². The third-order valence-electron chi connectivity index (χ3n) is 4.06. The normalized spacial score (nSPS) is 10.6. The van der Waals surface area contributed by atoms with Crippen molar-refractivity contribution in [2.45, 2.75) is 20.1 Å². The topological polar surface area (TPSA) is 30.5 Å². The molecule has 3 nitrogen and oxygen atoms in total. The van der Waals surface area contributed by atoms with Crippen molar-refractivity contribution in [3.05, 3.63) is 86.9 Å². The summed E-state index contributed by atoms with van der Waals surface area (Å²) in [5, 5.41) is 5.19. The van der Waals surface area contributed by atoms with Crippen molar-refractivity contribution in [3.8, 4) is 11.5 Å². The Hall–Kier alpha value is -2.07. The fourth-order valence-corrected chi connectivity index (χ4v) is 3.29. The molecule has 3 aromatic rings. The molecule has 0 bridgehead atoms. The van der Waals surface area contributed by atoms with Crippen LogP contribution in [0.2, 0.25) is 15.1 Å². The summed E-state index contributed by atoms with van der Waals surface area (Å²) in [6.45, 7) is 3.44. The van der Waals surface area contributed by atoms with Crippen LogP contribution in [0.1, 0.15) is 18.1 Å². The van der Waals surface area contributed by atoms with E-state index >= 15 is 0 Å². The highest BCUT2D eigenvalue weighted by atomic mass is 35.5. The van der Waals surface area contributed by atoms with Crippen LogP contribution < -0.4 is 14.8 Å². The highest BCUT2D eigenvalue weighted by molar-refractivity contribution is 6.36. The molecule has 0 saturated heterocycles. The summed E-state index contributed by atoms with van der Waals surface area (Å²) >= 11 is 18.2. The summed E-state index contributed by atoms with van der Waals surface area (Å²) in [6.07, 6.45) is 0. The minimum absolute atomic E-state index is 0.413. The Morgan fingerprint density at radius 3 is 2.32 bits per heavy atom. The number of hydrogen-bond acceptors (Lipinski definition) is 3. The minimum Gasteiger partial charge on any atom is -0.490 e. The molecule has 1 N–H and O–H groups in total. The van der Waals surface area contributed by atoms with Crippen molar-refractivity contribution < 1.29 is 9.47 Å². The average Bonchev–Trinajstić information content (AvgIpc) is 2.68. The number of hydrogen-bond donors (Lipinski definition) is 1. The van der Waals surface area contributed by atoms with Gasteiger partial charge in [-0.2, -0.15) is 0 Å². The monoisotopic (exact) mass is 435 g/mol. The molecule has 0 aliphatic heterocycles. The van der Waals surface area contributed by atoms with Gasteiger partial charge in [0, 0.05) is 22.2 Å². The minimum atomic E-state index is 0.413. The van der Waals surface area contributed by atoms with Crippen LogP contribution in [0.15, 0.2) is 60.7 Å². The van der Waals surface area contributed by atoms with E-state index < -0.39 is 0 Å². The summed E-state index contributed by atoms with van der Waals surface area (Å²) in [6, 6.07) is 18.8. The van der Waals surface area contributed by atoms with Gasteiger partial charge in [0.05, 0.1) is 17.3 Å². The molecule has 0 saturated carbocycles. The first-order valence-electron chi connectivity index (χ1n) is 8.87. The highest BCUT2D eigenvalue weighted by Crippen LogP contribution is 2.34. The molecule has 0 aromatic heterocycles. The largest absolute Gasteiger partial charge is 0.490 e. The van der Waals surface area contributed by atoms with Gasteiger partial charge in [-0.15, -0.1) is 0 Å². The zero-order valence-electron chi connectivity index (χ0n) is 15.3. The predicted molar refractivity (Wildman–Crippen MR) is 117 cm³/mol. The molecule has 0 aliphatic rings. The molecule has 0 unspecified atom stereocenters. The van der Waals surface area contributed by atoms with E-state index in [1.165, 1.54) is 0 Å². The molecule has 28 heavy (non-hydrogen) atoms. The van der Waals surface area contributed by atoms with Crippen molar-refractivity contribution in [3.63, 3.8) is 0 Å². The number of rotatable bonds is 8. The van der Waals surface area contributed by atoms with Crippen LogP contribution in [0.3, 0.4) is 0 Å². The van der Waals surface area contributed by atoms with Crippen LogP contribution in [0.4, 0.5) is 5.69 Å². The lowest BCUT2D eigenvalue weighted by molar-refractivity contribution is 0.267. The Morgan fingerprint density at radius 2 is 1.61 bits per heavy atom. The second-order valence-corrected chi connectivity index (χ2v) is 7.35. The number of benzene rings is 3. The van der Waals surface area contributed by atoms with E-state index in [9.17, 15) is 0 Å². The molecule has 146 valence electrons. The van der Waals surface area contributed by atoms with E-state index in [2.05, 4.69) is 5.32 Å². The maximum Gasteiger partial charge on any atom is 0.166 e. The van der Waals surface area contributed by atoms with E-state index in [4.69, 9.17) is 44.3 Å². The Bertz CT molecular complexity index is 930. The molecule has 6 heteroatoms. The van der Waals surface area contributed by atoms with Crippen LogP contribution in [0, 0.1) is 0 Å². The summed E-state index contributed by atoms with van der Waals surface area (Å²) in [5.41, 5.74) is 2.79. The van der Waals surface area contributed by atoms with Gasteiger partial charge in [0.15, 0.2) is 11.5 Å². The van der Waals surface area contributed by atoms with Crippen LogP contribution in [0.5, 0.6) is 11.5 Å². The fourth-order valence-electron chi connectivity index (χ4n) is 2.69. The highest BCUT2D eigenvalue weighted by Gasteiger charge is 2.12. The van der Waals surface area contributed by atoms with Crippen LogP contribution >= 0.6 is 34.8 Å². The lowest BCUT2D eigenvalue weighted by Crippen LogP contribution is -2.06. The van der Waals surface area contributed by atoms with Crippen LogP contribution in [-0.4, -0.2) is 6.61 Å². The summed E-state index contributed by atoms with van der Waals surface area (Å²) < 4.78 is 11.9. The van der Waals surface area contributed by atoms with Crippen molar-refractivity contribution in [1.82, 2.24) is 0 Å². The fraction of sp³-hybridized carbons (Fsp3) is 0.182. The standard InChI is InChI=1S/C22H20Cl3NO2/c1-2-27-21-5-3-4-16(13-26-20-11-10-18(24)12-19(20)25)22(21)28-14-15-6-8-17(23)9-7-15/h3-12,26H,2,13-14H2,1H3. The van der Waals surface area contributed by atoms with Gasteiger partial charge in [-0.1, -0.05) is 59.1 Å². The number of halogens is 3. The van der Waals surface area contributed by atoms with Gasteiger partial charge in [-0.25, -0.2) is 0 Å². The van der Waals surface area contributed by atoms with E-state index in [1.807, 2.05) is 55.5 Å². The van der Waals surface area contributed by atoms with E-state index in [0.717, 1.165) is 16.8 Å². The predicted octanol–water partition coefficient (Wildman–Crippen LogP) is 7.24. The molecule has 0 atom stereocenters. The third-order valence-corrected chi connectivity index (χ3v) is 4.86. The van der Waals surface area contributed by atoms with Crippen LogP contribution in [-0.2, 0) is 13.2 Å². The van der Waals surface area contributed by atoms with Gasteiger partial charge >= 0.3 is 0 Å². The van der Waals surface area contributed by atoms with E-state index in [1.54, 1.807) is 12.1 Å². The Labute approximate surface area is 180 Å². The molecule has 0 radical (unpaired) electrons. The zero-order chi connectivity index (χ0) is 19.9. The van der Waals surface area contributed by atoms with Gasteiger partial charge in [0.2, 0.25) is 0 Å².